The molecule has 1 aromatic heterocycles. The van der Waals surface area contributed by atoms with Crippen molar-refractivity contribution in [3.05, 3.63) is 62.7 Å². The third-order valence-electron chi connectivity index (χ3n) is 4.27. The molecule has 0 spiro atoms. The first-order valence-corrected chi connectivity index (χ1v) is 8.87. The molecule has 0 atom stereocenters. The zero-order chi connectivity index (χ0) is 20.3. The number of ether oxygens (including phenoxy) is 2. The van der Waals surface area contributed by atoms with Crippen molar-refractivity contribution in [2.75, 3.05) is 19.0 Å². The Kier molecular flexibility index (Phi) is 5.49. The number of methoxy groups -OCH3 is 1. The molecule has 146 valence electrons. The number of benzene rings is 2. The molecule has 8 heteroatoms. The third-order valence-corrected chi connectivity index (χ3v) is 4.27. The standard InChI is InChI=1S/C20H21N3O5/c1-4-23-15-8-6-12(10-14(15)22-19(25)20(23)26)18(24)21-13-7-9-16(28-5-2)17(11-13)27-3/h6-11H,4-5H2,1-3H3,(H,21,24)(H,22,25). The Hall–Kier alpha value is -3.55. The van der Waals surface area contributed by atoms with E-state index in [-0.39, 0.29) is 5.91 Å². The summed E-state index contributed by atoms with van der Waals surface area (Å²) in [5, 5.41) is 2.79. The van der Waals surface area contributed by atoms with Crippen LogP contribution in [-0.2, 0) is 6.54 Å². The van der Waals surface area contributed by atoms with Gasteiger partial charge in [-0.1, -0.05) is 0 Å². The van der Waals surface area contributed by atoms with Gasteiger partial charge >= 0.3 is 11.1 Å². The van der Waals surface area contributed by atoms with Crippen LogP contribution in [0.3, 0.4) is 0 Å². The zero-order valence-electron chi connectivity index (χ0n) is 15.9. The van der Waals surface area contributed by atoms with Crippen LogP contribution in [0.4, 0.5) is 5.69 Å². The van der Waals surface area contributed by atoms with E-state index in [4.69, 9.17) is 9.47 Å². The maximum absolute atomic E-state index is 12.6. The Labute approximate surface area is 160 Å². The van der Waals surface area contributed by atoms with E-state index in [2.05, 4.69) is 10.3 Å². The average molecular weight is 383 g/mol. The number of carbonyl (C=O) groups is 1. The van der Waals surface area contributed by atoms with Crippen LogP contribution < -0.4 is 25.9 Å². The molecule has 0 fully saturated rings. The van der Waals surface area contributed by atoms with Crippen molar-refractivity contribution in [2.24, 2.45) is 0 Å². The molecule has 8 nitrogen and oxygen atoms in total. The molecular weight excluding hydrogens is 362 g/mol. The van der Waals surface area contributed by atoms with Gasteiger partial charge in [-0.25, -0.2) is 0 Å². The molecule has 0 aliphatic heterocycles. The molecule has 2 aromatic carbocycles. The van der Waals surface area contributed by atoms with Crippen molar-refractivity contribution in [2.45, 2.75) is 20.4 Å². The van der Waals surface area contributed by atoms with E-state index in [0.717, 1.165) is 0 Å². The van der Waals surface area contributed by atoms with Gasteiger partial charge in [0.2, 0.25) is 0 Å². The predicted octanol–water partition coefficient (Wildman–Crippen LogP) is 2.37. The number of amides is 1. The lowest BCUT2D eigenvalue weighted by atomic mass is 10.1. The first-order chi connectivity index (χ1) is 13.5. The van der Waals surface area contributed by atoms with Gasteiger partial charge in [0.1, 0.15) is 0 Å². The number of aromatic amines is 1. The van der Waals surface area contributed by atoms with E-state index in [1.807, 2.05) is 6.92 Å². The Balaban J connectivity index is 1.93. The molecule has 2 N–H and O–H groups in total. The number of rotatable bonds is 6. The number of anilines is 1. The molecule has 3 rings (SSSR count). The summed E-state index contributed by atoms with van der Waals surface area (Å²) in [6, 6.07) is 9.89. The Morgan fingerprint density at radius 3 is 2.57 bits per heavy atom. The van der Waals surface area contributed by atoms with Crippen LogP contribution in [-0.4, -0.2) is 29.2 Å². The summed E-state index contributed by atoms with van der Waals surface area (Å²) in [6.07, 6.45) is 0. The maximum atomic E-state index is 12.6. The molecule has 0 bridgehead atoms. The van der Waals surface area contributed by atoms with Crippen molar-refractivity contribution < 1.29 is 14.3 Å². The number of hydrogen-bond donors (Lipinski definition) is 2. The van der Waals surface area contributed by atoms with Gasteiger partial charge in [0, 0.05) is 23.9 Å². The molecular formula is C20H21N3O5. The number of fused-ring (bicyclic) bond motifs is 1. The summed E-state index contributed by atoms with van der Waals surface area (Å²) < 4.78 is 12.1. The lowest BCUT2D eigenvalue weighted by Gasteiger charge is -2.12. The number of nitrogens with zero attached hydrogens (tertiary/aromatic N) is 1. The summed E-state index contributed by atoms with van der Waals surface area (Å²) in [4.78, 5) is 38.9. The quantitative estimate of drug-likeness (QED) is 0.636. The van der Waals surface area contributed by atoms with E-state index >= 15 is 0 Å². The SMILES string of the molecule is CCOc1ccc(NC(=O)c2ccc3c(c2)[nH]c(=O)c(=O)n3CC)cc1OC. The second kappa shape index (κ2) is 7.99. The highest BCUT2D eigenvalue weighted by Gasteiger charge is 2.12. The predicted molar refractivity (Wildman–Crippen MR) is 107 cm³/mol. The molecule has 1 heterocycles. The number of aryl methyl sites for hydroxylation is 1. The second-order valence-electron chi connectivity index (χ2n) is 5.99. The Morgan fingerprint density at radius 2 is 1.89 bits per heavy atom. The summed E-state index contributed by atoms with van der Waals surface area (Å²) >= 11 is 0. The maximum Gasteiger partial charge on any atom is 0.316 e. The van der Waals surface area contributed by atoms with Crippen molar-refractivity contribution in [3.63, 3.8) is 0 Å². The first-order valence-electron chi connectivity index (χ1n) is 8.87. The first kappa shape index (κ1) is 19.2. The largest absolute Gasteiger partial charge is 0.493 e. The molecule has 0 saturated carbocycles. The highest BCUT2D eigenvalue weighted by atomic mass is 16.5. The third kappa shape index (κ3) is 3.62. The minimum atomic E-state index is -0.719. The molecule has 1 amide bonds. The van der Waals surface area contributed by atoms with Crippen LogP contribution in [0.5, 0.6) is 11.5 Å². The van der Waals surface area contributed by atoms with Crippen LogP contribution >= 0.6 is 0 Å². The van der Waals surface area contributed by atoms with E-state index in [1.165, 1.54) is 11.7 Å². The normalized spacial score (nSPS) is 10.7. The van der Waals surface area contributed by atoms with Gasteiger partial charge in [-0.15, -0.1) is 0 Å². The zero-order valence-corrected chi connectivity index (χ0v) is 15.9. The average Bonchev–Trinajstić information content (AvgIpc) is 2.70. The van der Waals surface area contributed by atoms with Crippen LogP contribution in [0.15, 0.2) is 46.0 Å². The molecule has 0 unspecified atom stereocenters. The molecule has 0 saturated heterocycles. The van der Waals surface area contributed by atoms with Gasteiger partial charge in [-0.05, 0) is 44.2 Å². The fourth-order valence-electron chi connectivity index (χ4n) is 2.96. The van der Waals surface area contributed by atoms with E-state index in [9.17, 15) is 14.4 Å². The van der Waals surface area contributed by atoms with Crippen LogP contribution in [0.2, 0.25) is 0 Å². The topological polar surface area (TPSA) is 102 Å². The lowest BCUT2D eigenvalue weighted by molar-refractivity contribution is 0.102. The van der Waals surface area contributed by atoms with Gasteiger partial charge in [-0.3, -0.25) is 14.4 Å². The molecule has 0 radical (unpaired) electrons. The summed E-state index contributed by atoms with van der Waals surface area (Å²) in [5.41, 5.74) is 0.529. The Morgan fingerprint density at radius 1 is 1.11 bits per heavy atom. The highest BCUT2D eigenvalue weighted by molar-refractivity contribution is 6.06. The fourth-order valence-corrected chi connectivity index (χ4v) is 2.96. The summed E-state index contributed by atoms with van der Waals surface area (Å²) in [5.74, 6) is 0.737. The fraction of sp³-hybridized carbons (Fsp3) is 0.250. The minimum absolute atomic E-state index is 0.345. The molecule has 0 aliphatic carbocycles. The van der Waals surface area contributed by atoms with Crippen LogP contribution in [0.1, 0.15) is 24.2 Å². The number of carbonyl (C=O) groups excluding carboxylic acids is 1. The van der Waals surface area contributed by atoms with Crippen molar-refractivity contribution in [1.29, 1.82) is 0 Å². The van der Waals surface area contributed by atoms with E-state index < -0.39 is 11.1 Å². The molecule has 0 aliphatic rings. The lowest BCUT2D eigenvalue weighted by Crippen LogP contribution is -2.36. The molecule has 28 heavy (non-hydrogen) atoms. The smallest absolute Gasteiger partial charge is 0.316 e. The summed E-state index contributed by atoms with van der Waals surface area (Å²) in [6.45, 7) is 4.51. The van der Waals surface area contributed by atoms with Crippen molar-refractivity contribution in [1.82, 2.24) is 9.55 Å². The highest BCUT2D eigenvalue weighted by Crippen LogP contribution is 2.30. The number of nitrogens with one attached hydrogen (secondary N) is 2. The van der Waals surface area contributed by atoms with Crippen LogP contribution in [0, 0.1) is 0 Å². The van der Waals surface area contributed by atoms with E-state index in [0.29, 0.717) is 46.9 Å². The van der Waals surface area contributed by atoms with Gasteiger partial charge in [0.05, 0.1) is 24.8 Å². The van der Waals surface area contributed by atoms with E-state index in [1.54, 1.807) is 43.3 Å². The van der Waals surface area contributed by atoms with Gasteiger partial charge in [0.15, 0.2) is 11.5 Å². The van der Waals surface area contributed by atoms with Gasteiger partial charge in [0.25, 0.3) is 5.91 Å². The minimum Gasteiger partial charge on any atom is -0.493 e. The monoisotopic (exact) mass is 383 g/mol. The Bertz CT molecular complexity index is 1150. The number of H-pyrrole nitrogens is 1. The van der Waals surface area contributed by atoms with Crippen molar-refractivity contribution in [3.8, 4) is 11.5 Å². The van der Waals surface area contributed by atoms with Crippen LogP contribution in [0.25, 0.3) is 11.0 Å². The number of aromatic nitrogens is 2. The number of hydrogen-bond acceptors (Lipinski definition) is 5. The summed E-state index contributed by atoms with van der Waals surface area (Å²) in [7, 11) is 1.52. The van der Waals surface area contributed by atoms with Gasteiger partial charge < -0.3 is 24.3 Å². The van der Waals surface area contributed by atoms with Gasteiger partial charge in [-0.2, -0.15) is 0 Å². The van der Waals surface area contributed by atoms with Crippen molar-refractivity contribution >= 4 is 22.6 Å². The second-order valence-corrected chi connectivity index (χ2v) is 5.99. The molecule has 3 aromatic rings.